The number of rotatable bonds is 5. The van der Waals surface area contributed by atoms with Crippen LogP contribution < -0.4 is 4.74 Å². The van der Waals surface area contributed by atoms with E-state index in [1.807, 2.05) is 0 Å². The lowest BCUT2D eigenvalue weighted by Gasteiger charge is -2.34. The van der Waals surface area contributed by atoms with E-state index in [0.717, 1.165) is 22.5 Å². The highest BCUT2D eigenvalue weighted by Crippen LogP contribution is 2.25. The third-order valence-electron chi connectivity index (χ3n) is 4.39. The first-order valence-electron chi connectivity index (χ1n) is 8.48. The number of amides is 1. The molecule has 1 aliphatic rings. The first-order chi connectivity index (χ1) is 13.7. The topological polar surface area (TPSA) is 66.9 Å². The van der Waals surface area contributed by atoms with Gasteiger partial charge in [-0.05, 0) is 30.3 Å². The van der Waals surface area contributed by atoms with Gasteiger partial charge in [-0.15, -0.1) is 0 Å². The van der Waals surface area contributed by atoms with Crippen molar-refractivity contribution >= 4 is 27.5 Å². The van der Waals surface area contributed by atoms with Crippen molar-refractivity contribution in [2.75, 3.05) is 26.2 Å². The van der Waals surface area contributed by atoms with Gasteiger partial charge in [0.25, 0.3) is 5.91 Å². The largest absolute Gasteiger partial charge is 0.434 e. The van der Waals surface area contributed by atoms with Crippen LogP contribution in [0.3, 0.4) is 0 Å². The summed E-state index contributed by atoms with van der Waals surface area (Å²) >= 11 is 5.67. The van der Waals surface area contributed by atoms with Gasteiger partial charge in [-0.25, -0.2) is 12.8 Å². The average Bonchev–Trinajstić information content (AvgIpc) is 2.69. The van der Waals surface area contributed by atoms with Crippen molar-refractivity contribution in [1.29, 1.82) is 0 Å². The van der Waals surface area contributed by atoms with Gasteiger partial charge in [0.05, 0.1) is 15.5 Å². The number of nitrogens with zero attached hydrogens (tertiary/aromatic N) is 2. The zero-order valence-electron chi connectivity index (χ0n) is 14.9. The molecule has 1 amide bonds. The van der Waals surface area contributed by atoms with Gasteiger partial charge in [0.2, 0.25) is 10.0 Å². The van der Waals surface area contributed by atoms with Crippen LogP contribution in [0.5, 0.6) is 5.75 Å². The highest BCUT2D eigenvalue weighted by molar-refractivity contribution is 7.89. The van der Waals surface area contributed by atoms with E-state index in [1.165, 1.54) is 29.2 Å². The first-order valence-corrected chi connectivity index (χ1v) is 10.3. The number of sulfonamides is 1. The van der Waals surface area contributed by atoms with Crippen LogP contribution in [0.25, 0.3) is 0 Å². The fourth-order valence-electron chi connectivity index (χ4n) is 2.93. The molecule has 1 heterocycles. The summed E-state index contributed by atoms with van der Waals surface area (Å²) in [6, 6.07) is 8.72. The molecule has 2 aromatic rings. The van der Waals surface area contributed by atoms with E-state index in [4.69, 9.17) is 11.6 Å². The second-order valence-corrected chi connectivity index (χ2v) is 8.49. The molecule has 0 bridgehead atoms. The second kappa shape index (κ2) is 8.60. The predicted molar refractivity (Wildman–Crippen MR) is 99.1 cm³/mol. The molecule has 1 aliphatic heterocycles. The Morgan fingerprint density at radius 3 is 2.34 bits per heavy atom. The second-order valence-electron chi connectivity index (χ2n) is 6.15. The van der Waals surface area contributed by atoms with Crippen LogP contribution in [-0.2, 0) is 10.0 Å². The minimum Gasteiger partial charge on any atom is -0.434 e. The lowest BCUT2D eigenvalue weighted by molar-refractivity contribution is -0.0503. The van der Waals surface area contributed by atoms with Gasteiger partial charge < -0.3 is 9.64 Å². The van der Waals surface area contributed by atoms with E-state index < -0.39 is 28.4 Å². The molecule has 29 heavy (non-hydrogen) atoms. The minimum atomic E-state index is -3.92. The van der Waals surface area contributed by atoms with E-state index in [-0.39, 0.29) is 47.4 Å². The first kappa shape index (κ1) is 21.4. The van der Waals surface area contributed by atoms with Crippen LogP contribution in [0.15, 0.2) is 47.4 Å². The van der Waals surface area contributed by atoms with Crippen molar-refractivity contribution in [2.45, 2.75) is 11.5 Å². The summed E-state index contributed by atoms with van der Waals surface area (Å²) in [5.41, 5.74) is -0.0329. The fraction of sp³-hybridized carbons (Fsp3) is 0.278. The number of piperazine rings is 1. The fourth-order valence-corrected chi connectivity index (χ4v) is 4.62. The average molecular weight is 449 g/mol. The van der Waals surface area contributed by atoms with Crippen molar-refractivity contribution in [3.8, 4) is 5.75 Å². The molecule has 1 fully saturated rings. The predicted octanol–water partition coefficient (Wildman–Crippen LogP) is 3.23. The molecule has 156 valence electrons. The van der Waals surface area contributed by atoms with E-state index in [0.29, 0.717) is 0 Å². The highest BCUT2D eigenvalue weighted by Gasteiger charge is 2.31. The Kier molecular flexibility index (Phi) is 6.35. The van der Waals surface area contributed by atoms with Gasteiger partial charge in [-0.1, -0.05) is 23.7 Å². The lowest BCUT2D eigenvalue weighted by atomic mass is 10.1. The molecule has 6 nitrogen and oxygen atoms in total. The van der Waals surface area contributed by atoms with E-state index in [9.17, 15) is 26.4 Å². The number of carbonyl (C=O) groups is 1. The van der Waals surface area contributed by atoms with Crippen LogP contribution >= 0.6 is 11.6 Å². The number of alkyl halides is 2. The van der Waals surface area contributed by atoms with Crippen LogP contribution in [0, 0.1) is 5.82 Å². The van der Waals surface area contributed by atoms with Crippen molar-refractivity contribution in [3.05, 3.63) is 58.9 Å². The monoisotopic (exact) mass is 448 g/mol. The maximum Gasteiger partial charge on any atom is 0.387 e. The molecule has 0 radical (unpaired) electrons. The maximum absolute atomic E-state index is 13.3. The van der Waals surface area contributed by atoms with E-state index in [2.05, 4.69) is 4.74 Å². The number of hydrogen-bond acceptors (Lipinski definition) is 4. The number of carbonyl (C=O) groups excluding carboxylic acids is 1. The Bertz CT molecular complexity index is 1010. The summed E-state index contributed by atoms with van der Waals surface area (Å²) in [7, 11) is -3.92. The van der Waals surface area contributed by atoms with Crippen molar-refractivity contribution in [1.82, 2.24) is 9.21 Å². The van der Waals surface area contributed by atoms with Gasteiger partial charge in [0, 0.05) is 26.2 Å². The Balaban J connectivity index is 1.72. The van der Waals surface area contributed by atoms with Gasteiger partial charge in [0.1, 0.15) is 11.6 Å². The van der Waals surface area contributed by atoms with E-state index in [1.54, 1.807) is 0 Å². The molecule has 3 rings (SSSR count). The number of para-hydroxylation sites is 1. The van der Waals surface area contributed by atoms with Crippen molar-refractivity contribution in [2.24, 2.45) is 0 Å². The summed E-state index contributed by atoms with van der Waals surface area (Å²) in [6.07, 6.45) is 0. The Labute approximate surface area is 170 Å². The third-order valence-corrected chi connectivity index (χ3v) is 6.57. The molecule has 2 aromatic carbocycles. The van der Waals surface area contributed by atoms with Crippen LogP contribution in [-0.4, -0.2) is 56.3 Å². The van der Waals surface area contributed by atoms with Crippen molar-refractivity contribution in [3.63, 3.8) is 0 Å². The molecule has 0 N–H and O–H groups in total. The maximum atomic E-state index is 13.3. The van der Waals surface area contributed by atoms with E-state index >= 15 is 0 Å². The summed E-state index contributed by atoms with van der Waals surface area (Å²) in [6.45, 7) is -3.00. The zero-order chi connectivity index (χ0) is 21.2. The zero-order valence-corrected chi connectivity index (χ0v) is 16.5. The third kappa shape index (κ3) is 4.65. The molecule has 0 saturated carbocycles. The summed E-state index contributed by atoms with van der Waals surface area (Å²) < 4.78 is 69.4. The van der Waals surface area contributed by atoms with Gasteiger partial charge in [-0.3, -0.25) is 4.79 Å². The molecule has 0 spiro atoms. The Morgan fingerprint density at radius 2 is 1.72 bits per heavy atom. The smallest absolute Gasteiger partial charge is 0.387 e. The van der Waals surface area contributed by atoms with Crippen LogP contribution in [0.4, 0.5) is 13.2 Å². The normalized spacial score (nSPS) is 15.6. The molecule has 11 heteroatoms. The van der Waals surface area contributed by atoms with Gasteiger partial charge in [0.15, 0.2) is 0 Å². The molecule has 0 unspecified atom stereocenters. The Hall–Kier alpha value is -2.30. The van der Waals surface area contributed by atoms with Gasteiger partial charge in [-0.2, -0.15) is 13.1 Å². The van der Waals surface area contributed by atoms with Crippen LogP contribution in [0.1, 0.15) is 10.4 Å². The molecule has 0 aliphatic carbocycles. The Morgan fingerprint density at radius 1 is 1.07 bits per heavy atom. The number of ether oxygens (including phenoxy) is 1. The SMILES string of the molecule is O=C(c1ccccc1OC(F)F)N1CCN(S(=O)(=O)c2ccc(F)c(Cl)c2)CC1. The molecule has 1 saturated heterocycles. The quantitative estimate of drug-likeness (QED) is 0.704. The standard InChI is InChI=1S/C18H16ClF3N2O4S/c19-14-11-12(5-6-15(14)20)29(26,27)24-9-7-23(8-10-24)17(25)13-3-1-2-4-16(13)28-18(21)22/h1-6,11,18H,7-10H2. The molecular formula is C18H16ClF3N2O4S. The molecule has 0 aromatic heterocycles. The van der Waals surface area contributed by atoms with Crippen molar-refractivity contribution < 1.29 is 31.1 Å². The number of hydrogen-bond donors (Lipinski definition) is 0. The number of halogens is 4. The summed E-state index contributed by atoms with van der Waals surface area (Å²) in [5.74, 6) is -1.52. The highest BCUT2D eigenvalue weighted by atomic mass is 35.5. The lowest BCUT2D eigenvalue weighted by Crippen LogP contribution is -2.50. The van der Waals surface area contributed by atoms with Gasteiger partial charge >= 0.3 is 6.61 Å². The minimum absolute atomic E-state index is 0.0130. The molecular weight excluding hydrogens is 433 g/mol. The summed E-state index contributed by atoms with van der Waals surface area (Å²) in [5, 5.41) is -0.310. The van der Waals surface area contributed by atoms with Crippen LogP contribution in [0.2, 0.25) is 5.02 Å². The molecule has 0 atom stereocenters. The number of benzene rings is 2. The summed E-state index contributed by atoms with van der Waals surface area (Å²) in [4.78, 5) is 13.9.